The van der Waals surface area contributed by atoms with Gasteiger partial charge in [0.2, 0.25) is 0 Å². The first kappa shape index (κ1) is 15.3. The maximum absolute atomic E-state index is 13.7. The smallest absolute Gasteiger partial charge is 0.256 e. The molecule has 3 nitrogen and oxygen atoms in total. The fraction of sp³-hybridized carbons (Fsp3) is 0.533. The van der Waals surface area contributed by atoms with Crippen LogP contribution in [-0.2, 0) is 0 Å². The molecule has 1 aromatic rings. The lowest BCUT2D eigenvalue weighted by Crippen LogP contribution is -2.39. The summed E-state index contributed by atoms with van der Waals surface area (Å²) in [6, 6.07) is 3.79. The third kappa shape index (κ3) is 3.70. The second-order valence-electron chi connectivity index (χ2n) is 5.34. The molecule has 1 saturated carbocycles. The first-order valence-electron chi connectivity index (χ1n) is 6.97. The highest BCUT2D eigenvalue weighted by atomic mass is 35.5. The molecule has 0 saturated heterocycles. The van der Waals surface area contributed by atoms with Crippen molar-refractivity contribution < 1.29 is 14.3 Å². The molecule has 1 aliphatic rings. The summed E-state index contributed by atoms with van der Waals surface area (Å²) in [4.78, 5) is 12.1. The highest BCUT2D eigenvalue weighted by Crippen LogP contribution is 2.28. The van der Waals surface area contributed by atoms with E-state index in [4.69, 9.17) is 11.6 Å². The topological polar surface area (TPSA) is 49.3 Å². The molecule has 1 amide bonds. The Morgan fingerprint density at radius 2 is 2.15 bits per heavy atom. The number of carbonyl (C=O) groups is 1. The van der Waals surface area contributed by atoms with Gasteiger partial charge in [0.15, 0.2) is 0 Å². The van der Waals surface area contributed by atoms with Crippen LogP contribution in [0.2, 0.25) is 5.02 Å². The molecule has 0 radical (unpaired) electrons. The van der Waals surface area contributed by atoms with Gasteiger partial charge in [0, 0.05) is 0 Å². The lowest BCUT2D eigenvalue weighted by molar-refractivity contribution is 0.0902. The van der Waals surface area contributed by atoms with Crippen LogP contribution in [0.5, 0.6) is 0 Å². The average Bonchev–Trinajstić information content (AvgIpc) is 2.90. The summed E-state index contributed by atoms with van der Waals surface area (Å²) >= 11 is 5.86. The van der Waals surface area contributed by atoms with Gasteiger partial charge in [-0.2, -0.15) is 0 Å². The Kier molecular flexibility index (Phi) is 5.38. The van der Waals surface area contributed by atoms with Crippen molar-refractivity contribution in [2.45, 2.75) is 38.1 Å². The minimum Gasteiger partial charge on any atom is -0.394 e. The zero-order valence-electron chi connectivity index (χ0n) is 11.2. The van der Waals surface area contributed by atoms with Crippen molar-refractivity contribution in [3.63, 3.8) is 0 Å². The first-order valence-corrected chi connectivity index (χ1v) is 7.35. The van der Waals surface area contributed by atoms with Crippen LogP contribution in [0.4, 0.5) is 4.39 Å². The van der Waals surface area contributed by atoms with Crippen LogP contribution in [-0.4, -0.2) is 23.7 Å². The number of nitrogens with one attached hydrogen (secondary N) is 1. The average molecular weight is 300 g/mol. The van der Waals surface area contributed by atoms with E-state index < -0.39 is 11.7 Å². The molecule has 0 bridgehead atoms. The van der Waals surface area contributed by atoms with Crippen LogP contribution in [0.3, 0.4) is 0 Å². The summed E-state index contributed by atoms with van der Waals surface area (Å²) in [7, 11) is 0. The molecule has 0 heterocycles. The summed E-state index contributed by atoms with van der Waals surface area (Å²) in [6.45, 7) is -0.145. The summed E-state index contributed by atoms with van der Waals surface area (Å²) in [5, 5.41) is 12.1. The number of halogens is 2. The van der Waals surface area contributed by atoms with Crippen LogP contribution in [0, 0.1) is 11.7 Å². The van der Waals surface area contributed by atoms with Crippen LogP contribution in [0.25, 0.3) is 0 Å². The molecular formula is C15H19ClFNO2. The normalized spacial score (nSPS) is 17.1. The van der Waals surface area contributed by atoms with E-state index in [1.807, 2.05) is 0 Å². The van der Waals surface area contributed by atoms with Crippen molar-refractivity contribution in [1.29, 1.82) is 0 Å². The number of hydrogen-bond donors (Lipinski definition) is 2. The molecule has 0 spiro atoms. The van der Waals surface area contributed by atoms with Crippen molar-refractivity contribution in [3.8, 4) is 0 Å². The Balaban J connectivity index is 2.01. The molecule has 1 atom stereocenters. The van der Waals surface area contributed by atoms with Crippen LogP contribution in [0.15, 0.2) is 18.2 Å². The predicted octanol–water partition coefficient (Wildman–Crippen LogP) is 3.15. The van der Waals surface area contributed by atoms with Gasteiger partial charge in [-0.15, -0.1) is 0 Å². The summed E-state index contributed by atoms with van der Waals surface area (Å²) in [6.07, 6.45) is 5.40. The van der Waals surface area contributed by atoms with E-state index in [9.17, 15) is 14.3 Å². The van der Waals surface area contributed by atoms with E-state index in [0.717, 1.165) is 19.3 Å². The van der Waals surface area contributed by atoms with E-state index in [-0.39, 0.29) is 23.2 Å². The maximum atomic E-state index is 13.7. The molecule has 1 aliphatic carbocycles. The van der Waals surface area contributed by atoms with Gasteiger partial charge in [-0.25, -0.2) is 4.39 Å². The summed E-state index contributed by atoms with van der Waals surface area (Å²) in [5.74, 6) is -0.679. The van der Waals surface area contributed by atoms with Gasteiger partial charge in [-0.3, -0.25) is 4.79 Å². The van der Waals surface area contributed by atoms with E-state index in [2.05, 4.69) is 5.32 Å². The molecule has 1 unspecified atom stereocenters. The van der Waals surface area contributed by atoms with Gasteiger partial charge >= 0.3 is 0 Å². The number of hydrogen-bond acceptors (Lipinski definition) is 2. The molecule has 110 valence electrons. The van der Waals surface area contributed by atoms with E-state index >= 15 is 0 Å². The molecule has 20 heavy (non-hydrogen) atoms. The van der Waals surface area contributed by atoms with Gasteiger partial charge in [0.1, 0.15) is 5.82 Å². The van der Waals surface area contributed by atoms with Gasteiger partial charge in [-0.05, 0) is 24.5 Å². The zero-order chi connectivity index (χ0) is 14.5. The Hall–Kier alpha value is -1.13. The largest absolute Gasteiger partial charge is 0.394 e. The number of carbonyl (C=O) groups excluding carboxylic acids is 1. The zero-order valence-corrected chi connectivity index (χ0v) is 12.0. The number of amides is 1. The van der Waals surface area contributed by atoms with Crippen LogP contribution in [0.1, 0.15) is 42.5 Å². The Labute approximate surface area is 123 Å². The minimum atomic E-state index is -0.646. The molecule has 2 N–H and O–H groups in total. The molecule has 1 fully saturated rings. The second kappa shape index (κ2) is 7.04. The Morgan fingerprint density at radius 3 is 2.75 bits per heavy atom. The monoisotopic (exact) mass is 299 g/mol. The lowest BCUT2D eigenvalue weighted by atomic mass is 9.98. The third-order valence-electron chi connectivity index (χ3n) is 3.84. The molecule has 1 aromatic carbocycles. The summed E-state index contributed by atoms with van der Waals surface area (Å²) in [5.41, 5.74) is -0.154. The minimum absolute atomic E-state index is 0.0834. The van der Waals surface area contributed by atoms with E-state index in [1.165, 1.54) is 31.0 Å². The third-order valence-corrected chi connectivity index (χ3v) is 4.15. The van der Waals surface area contributed by atoms with Crippen molar-refractivity contribution in [1.82, 2.24) is 5.32 Å². The lowest BCUT2D eigenvalue weighted by Gasteiger charge is -2.20. The van der Waals surface area contributed by atoms with Gasteiger partial charge in [0.25, 0.3) is 5.91 Å². The molecular weight excluding hydrogens is 281 g/mol. The highest BCUT2D eigenvalue weighted by Gasteiger charge is 2.23. The number of rotatable bonds is 5. The van der Waals surface area contributed by atoms with Gasteiger partial charge < -0.3 is 10.4 Å². The molecule has 0 aliphatic heterocycles. The highest BCUT2D eigenvalue weighted by molar-refractivity contribution is 6.33. The fourth-order valence-corrected chi connectivity index (χ4v) is 3.05. The van der Waals surface area contributed by atoms with E-state index in [0.29, 0.717) is 5.92 Å². The molecule has 2 rings (SSSR count). The molecule has 0 aromatic heterocycles. The fourth-order valence-electron chi connectivity index (χ4n) is 2.80. The SMILES string of the molecule is O=C(NC(CO)CC1CCCC1)c1c(F)cccc1Cl. The Morgan fingerprint density at radius 1 is 1.45 bits per heavy atom. The van der Waals surface area contributed by atoms with Crippen molar-refractivity contribution in [3.05, 3.63) is 34.6 Å². The first-order chi connectivity index (χ1) is 9.61. The Bertz CT molecular complexity index is 455. The van der Waals surface area contributed by atoms with Gasteiger partial charge in [-0.1, -0.05) is 43.4 Å². The van der Waals surface area contributed by atoms with Crippen molar-refractivity contribution in [2.75, 3.05) is 6.61 Å². The van der Waals surface area contributed by atoms with E-state index in [1.54, 1.807) is 0 Å². The number of aliphatic hydroxyl groups is 1. The standard InChI is InChI=1S/C15H19ClFNO2/c16-12-6-3-7-13(17)14(12)15(20)18-11(9-19)8-10-4-1-2-5-10/h3,6-7,10-11,19H,1-2,4-5,8-9H2,(H,18,20). The number of benzene rings is 1. The predicted molar refractivity (Wildman–Crippen MR) is 76.3 cm³/mol. The van der Waals surface area contributed by atoms with Gasteiger partial charge in [0.05, 0.1) is 23.2 Å². The molecule has 5 heteroatoms. The number of aliphatic hydroxyl groups excluding tert-OH is 1. The maximum Gasteiger partial charge on any atom is 0.256 e. The second-order valence-corrected chi connectivity index (χ2v) is 5.74. The van der Waals surface area contributed by atoms with Crippen molar-refractivity contribution in [2.24, 2.45) is 5.92 Å². The van der Waals surface area contributed by atoms with Crippen LogP contribution >= 0.6 is 11.6 Å². The quantitative estimate of drug-likeness (QED) is 0.877. The van der Waals surface area contributed by atoms with Crippen molar-refractivity contribution >= 4 is 17.5 Å². The van der Waals surface area contributed by atoms with Crippen LogP contribution < -0.4 is 5.32 Å². The summed E-state index contributed by atoms with van der Waals surface area (Å²) < 4.78 is 13.7.